The number of ketones is 1. The number of ether oxygens (including phenoxy) is 1. The Labute approximate surface area is 201 Å². The van der Waals surface area contributed by atoms with Crippen molar-refractivity contribution < 1.29 is 19.1 Å². The van der Waals surface area contributed by atoms with Gasteiger partial charge in [-0.1, -0.05) is 49.8 Å². The number of fused-ring (bicyclic) bond motifs is 4. The maximum absolute atomic E-state index is 14.3. The van der Waals surface area contributed by atoms with Gasteiger partial charge in [-0.3, -0.25) is 19.7 Å². The number of amides is 2. The fraction of sp³-hybridized carbons (Fsp3) is 0.552. The number of hydrogen-bond acceptors (Lipinski definition) is 4. The minimum Gasteiger partial charge on any atom is -0.490 e. The Kier molecular flexibility index (Phi) is 5.27. The lowest BCUT2D eigenvalue weighted by Gasteiger charge is -2.39. The second-order valence-electron chi connectivity index (χ2n) is 11.2. The molecule has 0 radical (unpaired) electrons. The monoisotopic (exact) mass is 459 g/mol. The summed E-state index contributed by atoms with van der Waals surface area (Å²) >= 11 is 0. The molecule has 3 fully saturated rings. The van der Waals surface area contributed by atoms with Gasteiger partial charge in [0.15, 0.2) is 5.78 Å². The van der Waals surface area contributed by atoms with Gasteiger partial charge in [0, 0.05) is 17.8 Å². The van der Waals surface area contributed by atoms with Gasteiger partial charge in [-0.25, -0.2) is 0 Å². The standard InChI is InChI=1S/C29H33NO4/c1-3-4-17-8-12-19-21-13-15(2)5-11-20(21)27-24(19)23(17)26(31)25-22(28(32)30-29(25)33)14-16-6-9-18(34-27)10-7-16/h3-4,6-10,12,15,17,19-25,27H,5,11,13-14H2,1-2H3,(H,30,32,33)/t15-,17+,19+,20-,21+,22+,23+,24+,25-,27+/m1/s1. The van der Waals surface area contributed by atoms with Crippen molar-refractivity contribution in [1.29, 1.82) is 0 Å². The number of hydrogen-bond donors (Lipinski definition) is 1. The molecular weight excluding hydrogens is 426 g/mol. The van der Waals surface area contributed by atoms with Gasteiger partial charge in [0.1, 0.15) is 17.8 Å². The molecule has 7 rings (SSSR count). The minimum absolute atomic E-state index is 0.00209. The van der Waals surface area contributed by atoms with E-state index in [4.69, 9.17) is 4.74 Å². The van der Waals surface area contributed by atoms with Gasteiger partial charge >= 0.3 is 0 Å². The predicted octanol–water partition coefficient (Wildman–Crippen LogP) is 4.12. The molecule has 5 heteroatoms. The van der Waals surface area contributed by atoms with Crippen molar-refractivity contribution in [2.75, 3.05) is 0 Å². The highest BCUT2D eigenvalue weighted by molar-refractivity contribution is 6.16. The summed E-state index contributed by atoms with van der Waals surface area (Å²) < 4.78 is 6.76. The first-order valence-corrected chi connectivity index (χ1v) is 12.9. The molecular formula is C29H33NO4. The lowest BCUT2D eigenvalue weighted by Crippen LogP contribution is -2.46. The zero-order valence-corrected chi connectivity index (χ0v) is 19.9. The molecule has 1 aromatic rings. The van der Waals surface area contributed by atoms with E-state index in [1.807, 2.05) is 37.3 Å². The Morgan fingerprint density at radius 3 is 2.56 bits per heavy atom. The molecule has 34 heavy (non-hydrogen) atoms. The summed E-state index contributed by atoms with van der Waals surface area (Å²) in [7, 11) is 0. The summed E-state index contributed by atoms with van der Waals surface area (Å²) in [5, 5.41) is 2.48. The Morgan fingerprint density at radius 1 is 1.00 bits per heavy atom. The van der Waals surface area contributed by atoms with Crippen LogP contribution in [-0.4, -0.2) is 23.7 Å². The first-order chi connectivity index (χ1) is 16.5. The van der Waals surface area contributed by atoms with Gasteiger partial charge in [0.05, 0.1) is 5.92 Å². The smallest absolute Gasteiger partial charge is 0.237 e. The van der Waals surface area contributed by atoms with E-state index in [2.05, 4.69) is 30.5 Å². The van der Waals surface area contributed by atoms with Gasteiger partial charge in [0.2, 0.25) is 11.8 Å². The van der Waals surface area contributed by atoms with Crippen molar-refractivity contribution in [2.24, 2.45) is 53.3 Å². The van der Waals surface area contributed by atoms with Crippen molar-refractivity contribution in [3.05, 3.63) is 54.1 Å². The van der Waals surface area contributed by atoms with E-state index in [1.54, 1.807) is 0 Å². The lowest BCUT2D eigenvalue weighted by atomic mass is 9.64. The van der Waals surface area contributed by atoms with Crippen molar-refractivity contribution >= 4 is 17.6 Å². The Balaban J connectivity index is 1.52. The van der Waals surface area contributed by atoms with Crippen LogP contribution in [0.25, 0.3) is 0 Å². The number of rotatable bonds is 1. The number of benzene rings is 1. The predicted molar refractivity (Wildman–Crippen MR) is 128 cm³/mol. The van der Waals surface area contributed by atoms with Gasteiger partial charge in [-0.05, 0) is 67.6 Å². The van der Waals surface area contributed by atoms with Crippen molar-refractivity contribution in [2.45, 2.75) is 45.6 Å². The average Bonchev–Trinajstić information content (AvgIpc) is 3.26. The van der Waals surface area contributed by atoms with Crippen LogP contribution < -0.4 is 10.1 Å². The molecule has 3 heterocycles. The summed E-state index contributed by atoms with van der Waals surface area (Å²) in [5.41, 5.74) is 0.944. The number of carbonyl (C=O) groups excluding carboxylic acids is 3. The van der Waals surface area contributed by atoms with Crippen LogP contribution in [0.5, 0.6) is 5.75 Å². The van der Waals surface area contributed by atoms with Crippen LogP contribution in [0.3, 0.4) is 0 Å². The van der Waals surface area contributed by atoms with Crippen LogP contribution in [0.4, 0.5) is 0 Å². The van der Waals surface area contributed by atoms with E-state index in [9.17, 15) is 14.4 Å². The van der Waals surface area contributed by atoms with Crippen molar-refractivity contribution in [3.8, 4) is 5.75 Å². The Bertz CT molecular complexity index is 1070. The second-order valence-corrected chi connectivity index (χ2v) is 11.2. The average molecular weight is 460 g/mol. The van der Waals surface area contributed by atoms with Gasteiger partial charge in [-0.15, -0.1) is 0 Å². The first kappa shape index (κ1) is 21.8. The zero-order valence-electron chi connectivity index (χ0n) is 19.9. The lowest BCUT2D eigenvalue weighted by molar-refractivity contribution is -0.139. The third kappa shape index (κ3) is 3.30. The molecule has 0 aromatic heterocycles. The van der Waals surface area contributed by atoms with Crippen LogP contribution in [0, 0.1) is 53.3 Å². The molecule has 1 saturated heterocycles. The highest BCUT2D eigenvalue weighted by Gasteiger charge is 2.60. The third-order valence-electron chi connectivity index (χ3n) is 9.31. The van der Waals surface area contributed by atoms with Crippen molar-refractivity contribution in [1.82, 2.24) is 5.32 Å². The molecule has 1 N–H and O–H groups in total. The largest absolute Gasteiger partial charge is 0.490 e. The SMILES string of the molecule is CC=C[C@H]1C=C[C@H]2[C@@H]3C[C@H](C)CC[C@H]3[C@@H]3Oc4ccc(cc4)C[C@@H]4C(=O)NC(=O)[C@H]4C(=O)[C@@H]1[C@H]23. The van der Waals surface area contributed by atoms with Gasteiger partial charge < -0.3 is 4.74 Å². The van der Waals surface area contributed by atoms with Gasteiger partial charge in [-0.2, -0.15) is 0 Å². The minimum atomic E-state index is -0.932. The summed E-state index contributed by atoms with van der Waals surface area (Å²) in [4.78, 5) is 40.1. The molecule has 0 unspecified atom stereocenters. The molecule has 10 atom stereocenters. The van der Waals surface area contributed by atoms with Crippen LogP contribution in [0.1, 0.15) is 38.7 Å². The van der Waals surface area contributed by atoms with Crippen LogP contribution in [-0.2, 0) is 20.8 Å². The number of allylic oxidation sites excluding steroid dienone is 4. The van der Waals surface area contributed by atoms with E-state index in [0.29, 0.717) is 24.2 Å². The van der Waals surface area contributed by atoms with Gasteiger partial charge in [0.25, 0.3) is 0 Å². The number of nitrogens with one attached hydrogen (secondary N) is 1. The topological polar surface area (TPSA) is 72.5 Å². The fourth-order valence-electron chi connectivity index (χ4n) is 7.87. The highest BCUT2D eigenvalue weighted by Crippen LogP contribution is 2.58. The molecule has 0 spiro atoms. The molecule has 3 aliphatic heterocycles. The van der Waals surface area contributed by atoms with Crippen LogP contribution in [0.2, 0.25) is 0 Å². The molecule has 178 valence electrons. The third-order valence-corrected chi connectivity index (χ3v) is 9.31. The molecule has 2 saturated carbocycles. The summed E-state index contributed by atoms with van der Waals surface area (Å²) in [6.07, 6.45) is 12.3. The second kappa shape index (κ2) is 8.21. The molecule has 2 bridgehead atoms. The molecule has 1 aromatic carbocycles. The summed E-state index contributed by atoms with van der Waals surface area (Å²) in [6, 6.07) is 7.94. The molecule has 5 nitrogen and oxygen atoms in total. The summed E-state index contributed by atoms with van der Waals surface area (Å²) in [6.45, 7) is 4.30. The number of imide groups is 1. The normalized spacial score (nSPS) is 42.9. The highest BCUT2D eigenvalue weighted by atomic mass is 16.5. The first-order valence-electron chi connectivity index (χ1n) is 12.9. The van der Waals surface area contributed by atoms with E-state index in [1.165, 1.54) is 6.42 Å². The van der Waals surface area contributed by atoms with E-state index in [-0.39, 0.29) is 41.5 Å². The summed E-state index contributed by atoms with van der Waals surface area (Å²) in [5.74, 6) is -0.223. The van der Waals surface area contributed by atoms with Crippen LogP contribution in [0.15, 0.2) is 48.6 Å². The number of carbonyl (C=O) groups is 3. The maximum Gasteiger partial charge on any atom is 0.237 e. The van der Waals surface area contributed by atoms with Crippen molar-refractivity contribution in [3.63, 3.8) is 0 Å². The molecule has 3 aliphatic carbocycles. The Hall–Kier alpha value is -2.69. The van der Waals surface area contributed by atoms with E-state index >= 15 is 0 Å². The molecule has 6 aliphatic rings. The molecule has 2 amide bonds. The maximum atomic E-state index is 14.3. The number of Topliss-reactive ketones (excluding diaryl/α,β-unsaturated/α-hetero) is 1. The Morgan fingerprint density at radius 2 is 1.79 bits per heavy atom. The quantitative estimate of drug-likeness (QED) is 0.390. The zero-order chi connectivity index (χ0) is 23.6. The van der Waals surface area contributed by atoms with Crippen LogP contribution >= 0.6 is 0 Å². The van der Waals surface area contributed by atoms with E-state index in [0.717, 1.165) is 24.2 Å². The van der Waals surface area contributed by atoms with E-state index < -0.39 is 17.7 Å². The fourth-order valence-corrected chi connectivity index (χ4v) is 7.87.